The molecule has 0 spiro atoms. The Labute approximate surface area is 206 Å². The normalized spacial score (nSPS) is 17.5. The van der Waals surface area contributed by atoms with Gasteiger partial charge in [0.1, 0.15) is 5.82 Å². The van der Waals surface area contributed by atoms with Crippen LogP contribution in [0.15, 0.2) is 34.5 Å². The Kier molecular flexibility index (Phi) is 7.12. The van der Waals surface area contributed by atoms with Crippen molar-refractivity contribution in [2.24, 2.45) is 10.2 Å². The third-order valence-corrected chi connectivity index (χ3v) is 6.58. The monoisotopic (exact) mass is 515 g/mol. The summed E-state index contributed by atoms with van der Waals surface area (Å²) in [7, 11) is 0. The SMILES string of the molecule is Cc1nc(C)c(C(=O)N/N=C2\NC(=O)CS2)c(-c2ccc(F)cc2)c1C(=O)N/N=C1\NC(=O)CS1. The van der Waals surface area contributed by atoms with Crippen molar-refractivity contribution in [3.63, 3.8) is 0 Å². The van der Waals surface area contributed by atoms with E-state index in [9.17, 15) is 23.6 Å². The summed E-state index contributed by atoms with van der Waals surface area (Å²) in [6.07, 6.45) is 0. The largest absolute Gasteiger partial charge is 0.303 e. The van der Waals surface area contributed by atoms with Gasteiger partial charge < -0.3 is 10.6 Å². The van der Waals surface area contributed by atoms with Crippen LogP contribution >= 0.6 is 23.5 Å². The van der Waals surface area contributed by atoms with Crippen LogP contribution in [0.4, 0.5) is 4.39 Å². The van der Waals surface area contributed by atoms with E-state index < -0.39 is 17.6 Å². The highest BCUT2D eigenvalue weighted by Gasteiger charge is 2.27. The number of carbonyl (C=O) groups excluding carboxylic acids is 4. The Hall–Kier alpha value is -3.78. The van der Waals surface area contributed by atoms with Crippen LogP contribution < -0.4 is 21.5 Å². The number of hydrogen-bond acceptors (Lipinski definition) is 9. The lowest BCUT2D eigenvalue weighted by Gasteiger charge is -2.17. The molecule has 2 fully saturated rings. The molecule has 3 heterocycles. The molecule has 4 amide bonds. The smallest absolute Gasteiger partial charge is 0.273 e. The number of hydrogen-bond donors (Lipinski definition) is 4. The second kappa shape index (κ2) is 10.2. The number of amides is 4. The number of aryl methyl sites for hydroxylation is 2. The van der Waals surface area contributed by atoms with Crippen molar-refractivity contribution in [2.75, 3.05) is 11.5 Å². The van der Waals surface area contributed by atoms with Crippen LogP contribution in [0.2, 0.25) is 0 Å². The van der Waals surface area contributed by atoms with E-state index in [1.54, 1.807) is 13.8 Å². The number of halogens is 1. The Morgan fingerprint density at radius 3 is 1.74 bits per heavy atom. The molecular formula is C21H18FN7O4S2. The highest BCUT2D eigenvalue weighted by molar-refractivity contribution is 8.15. The van der Waals surface area contributed by atoms with Gasteiger partial charge in [-0.1, -0.05) is 35.7 Å². The zero-order chi connectivity index (χ0) is 25.1. The third kappa shape index (κ3) is 5.49. The van der Waals surface area contributed by atoms with Gasteiger partial charge >= 0.3 is 0 Å². The molecule has 1 aromatic heterocycles. The summed E-state index contributed by atoms with van der Waals surface area (Å²) in [4.78, 5) is 53.5. The number of nitrogens with one attached hydrogen (secondary N) is 4. The zero-order valence-corrected chi connectivity index (χ0v) is 20.0. The van der Waals surface area contributed by atoms with Gasteiger partial charge in [0.2, 0.25) is 11.8 Å². The highest BCUT2D eigenvalue weighted by Crippen LogP contribution is 2.32. The van der Waals surface area contributed by atoms with E-state index >= 15 is 0 Å². The molecule has 2 aromatic rings. The van der Waals surface area contributed by atoms with Crippen molar-refractivity contribution in [3.05, 3.63) is 52.6 Å². The maximum absolute atomic E-state index is 13.6. The minimum Gasteiger partial charge on any atom is -0.303 e. The Morgan fingerprint density at radius 1 is 0.886 bits per heavy atom. The van der Waals surface area contributed by atoms with Crippen molar-refractivity contribution in [1.82, 2.24) is 26.5 Å². The summed E-state index contributed by atoms with van der Waals surface area (Å²) in [5.74, 6) is -1.95. The summed E-state index contributed by atoms with van der Waals surface area (Å²) in [5, 5.41) is 13.3. The van der Waals surface area contributed by atoms with Crippen molar-refractivity contribution in [3.8, 4) is 11.1 Å². The molecule has 2 aliphatic rings. The van der Waals surface area contributed by atoms with Gasteiger partial charge in [-0.05, 0) is 31.5 Å². The number of rotatable bonds is 5. The number of benzene rings is 1. The highest BCUT2D eigenvalue weighted by atomic mass is 32.2. The molecule has 0 unspecified atom stereocenters. The Balaban J connectivity index is 1.77. The van der Waals surface area contributed by atoms with Crippen molar-refractivity contribution in [1.29, 1.82) is 0 Å². The van der Waals surface area contributed by atoms with Crippen LogP contribution in [-0.2, 0) is 9.59 Å². The lowest BCUT2D eigenvalue weighted by molar-refractivity contribution is -0.117. The quantitative estimate of drug-likeness (QED) is 0.437. The second-order valence-electron chi connectivity index (χ2n) is 7.30. The summed E-state index contributed by atoms with van der Waals surface area (Å²) in [5.41, 5.74) is 6.06. The predicted octanol–water partition coefficient (Wildman–Crippen LogP) is 1.23. The Morgan fingerprint density at radius 2 is 1.34 bits per heavy atom. The van der Waals surface area contributed by atoms with E-state index in [1.807, 2.05) is 0 Å². The zero-order valence-electron chi connectivity index (χ0n) is 18.4. The fourth-order valence-corrected chi connectivity index (χ4v) is 4.67. The minimum atomic E-state index is -0.678. The average Bonchev–Trinajstić information content (AvgIpc) is 3.43. The van der Waals surface area contributed by atoms with Gasteiger partial charge in [0.25, 0.3) is 11.8 Å². The number of hydrazone groups is 2. The molecule has 0 bridgehead atoms. The molecule has 35 heavy (non-hydrogen) atoms. The van der Waals surface area contributed by atoms with Crippen LogP contribution in [0, 0.1) is 19.7 Å². The van der Waals surface area contributed by atoms with Crippen LogP contribution in [0.25, 0.3) is 11.1 Å². The van der Waals surface area contributed by atoms with E-state index in [0.717, 1.165) is 23.5 Å². The first-order valence-electron chi connectivity index (χ1n) is 10.1. The summed E-state index contributed by atoms with van der Waals surface area (Å²) < 4.78 is 13.6. The molecule has 14 heteroatoms. The van der Waals surface area contributed by atoms with Crippen molar-refractivity contribution >= 4 is 57.5 Å². The van der Waals surface area contributed by atoms with Gasteiger partial charge in [0.15, 0.2) is 10.3 Å². The van der Waals surface area contributed by atoms with Gasteiger partial charge in [-0.3, -0.25) is 24.2 Å². The molecule has 11 nitrogen and oxygen atoms in total. The molecule has 180 valence electrons. The first-order chi connectivity index (χ1) is 16.7. The topological polar surface area (TPSA) is 154 Å². The van der Waals surface area contributed by atoms with E-state index in [2.05, 4.69) is 36.7 Å². The number of thioether (sulfide) groups is 2. The maximum Gasteiger partial charge on any atom is 0.273 e. The fourth-order valence-electron chi connectivity index (χ4n) is 3.40. The van der Waals surface area contributed by atoms with Crippen LogP contribution in [0.1, 0.15) is 32.1 Å². The Bertz CT molecular complexity index is 1240. The summed E-state index contributed by atoms with van der Waals surface area (Å²) >= 11 is 2.26. The molecule has 2 aliphatic heterocycles. The van der Waals surface area contributed by atoms with Crippen LogP contribution in [-0.4, -0.2) is 50.5 Å². The molecule has 1 aromatic carbocycles. The molecular weight excluding hydrogens is 497 g/mol. The molecule has 0 aliphatic carbocycles. The summed E-state index contributed by atoms with van der Waals surface area (Å²) in [6.45, 7) is 3.20. The molecule has 2 saturated heterocycles. The first-order valence-corrected chi connectivity index (χ1v) is 12.1. The number of aromatic nitrogens is 1. The van der Waals surface area contributed by atoms with Crippen molar-refractivity contribution < 1.29 is 23.6 Å². The summed E-state index contributed by atoms with van der Waals surface area (Å²) in [6, 6.07) is 5.29. The molecule has 4 N–H and O–H groups in total. The lowest BCUT2D eigenvalue weighted by Crippen LogP contribution is -2.29. The number of amidine groups is 2. The van der Waals surface area contributed by atoms with Gasteiger partial charge in [-0.15, -0.1) is 10.2 Å². The lowest BCUT2D eigenvalue weighted by atomic mass is 9.91. The van der Waals surface area contributed by atoms with Crippen LogP contribution in [0.3, 0.4) is 0 Å². The van der Waals surface area contributed by atoms with Gasteiger partial charge in [0, 0.05) is 5.56 Å². The number of pyridine rings is 1. The average molecular weight is 516 g/mol. The first kappa shape index (κ1) is 24.3. The standard InChI is InChI=1S/C21H18FN7O4S2/c1-9-15(18(32)26-28-20-24-13(30)7-34-20)17(11-3-5-12(22)6-4-11)16(10(2)23-9)19(33)27-29-21-25-14(31)8-35-21/h3-6H,7-8H2,1-2H3,(H,26,32)(H,27,33)(H,24,28,30)(H,25,29,31). The number of nitrogens with zero attached hydrogens (tertiary/aromatic N) is 3. The van der Waals surface area contributed by atoms with E-state index in [0.29, 0.717) is 17.0 Å². The second-order valence-corrected chi connectivity index (χ2v) is 9.23. The van der Waals surface area contributed by atoms with Gasteiger partial charge in [-0.25, -0.2) is 15.2 Å². The van der Waals surface area contributed by atoms with E-state index in [1.165, 1.54) is 24.3 Å². The fraction of sp³-hybridized carbons (Fsp3) is 0.190. The predicted molar refractivity (Wildman–Crippen MR) is 130 cm³/mol. The molecule has 0 saturated carbocycles. The molecule has 0 atom stereocenters. The molecule has 0 radical (unpaired) electrons. The number of carbonyl (C=O) groups is 4. The molecule has 4 rings (SSSR count). The van der Waals surface area contributed by atoms with Gasteiger partial charge in [-0.2, -0.15) is 0 Å². The maximum atomic E-state index is 13.6. The van der Waals surface area contributed by atoms with Crippen LogP contribution in [0.5, 0.6) is 0 Å². The van der Waals surface area contributed by atoms with E-state index in [-0.39, 0.29) is 50.3 Å². The minimum absolute atomic E-state index is 0.0437. The van der Waals surface area contributed by atoms with Crippen molar-refractivity contribution in [2.45, 2.75) is 13.8 Å². The van der Waals surface area contributed by atoms with Gasteiger partial charge in [0.05, 0.1) is 34.0 Å². The third-order valence-electron chi connectivity index (χ3n) is 4.84. The van der Waals surface area contributed by atoms with E-state index in [4.69, 9.17) is 0 Å².